The summed E-state index contributed by atoms with van der Waals surface area (Å²) in [5, 5.41) is 3.37. The zero-order chi connectivity index (χ0) is 12.8. The van der Waals surface area contributed by atoms with Gasteiger partial charge in [0.15, 0.2) is 0 Å². The molecule has 0 amide bonds. The van der Waals surface area contributed by atoms with Gasteiger partial charge in [0.05, 0.1) is 33.0 Å². The molecule has 0 radical (unpaired) electrons. The Morgan fingerprint density at radius 1 is 0.882 bits per heavy atom. The molecule has 0 atom stereocenters. The Labute approximate surface area is 106 Å². The van der Waals surface area contributed by atoms with Gasteiger partial charge in [-0.15, -0.1) is 0 Å². The zero-order valence-corrected chi connectivity index (χ0v) is 11.7. The first-order chi connectivity index (χ1) is 8.27. The molecular weight excluding hydrogens is 218 g/mol. The van der Waals surface area contributed by atoms with Crippen LogP contribution in [0.4, 0.5) is 0 Å². The lowest BCUT2D eigenvalue weighted by Gasteiger charge is -2.07. The van der Waals surface area contributed by atoms with Crippen molar-refractivity contribution in [1.82, 2.24) is 5.32 Å². The summed E-state index contributed by atoms with van der Waals surface area (Å²) in [5.41, 5.74) is 0. The van der Waals surface area contributed by atoms with Gasteiger partial charge in [0, 0.05) is 13.7 Å². The van der Waals surface area contributed by atoms with Crippen molar-refractivity contribution in [3.8, 4) is 0 Å². The molecule has 0 saturated carbocycles. The molecule has 0 aliphatic rings. The number of nitrogens with one attached hydrogen (secondary N) is 1. The normalized spacial score (nSPS) is 11.3. The highest BCUT2D eigenvalue weighted by molar-refractivity contribution is 4.50. The molecule has 104 valence electrons. The van der Waals surface area contributed by atoms with Crippen LogP contribution >= 0.6 is 0 Å². The van der Waals surface area contributed by atoms with Gasteiger partial charge in [0.2, 0.25) is 0 Å². The molecule has 17 heavy (non-hydrogen) atoms. The molecule has 0 rings (SSSR count). The van der Waals surface area contributed by atoms with Crippen molar-refractivity contribution in [1.29, 1.82) is 0 Å². The van der Waals surface area contributed by atoms with Crippen LogP contribution in [0.25, 0.3) is 0 Å². The van der Waals surface area contributed by atoms with Crippen molar-refractivity contribution in [2.24, 2.45) is 5.92 Å². The minimum Gasteiger partial charge on any atom is -0.382 e. The quantitative estimate of drug-likeness (QED) is 0.503. The minimum atomic E-state index is 0.646. The predicted molar refractivity (Wildman–Crippen MR) is 70.5 cm³/mol. The molecule has 1 N–H and O–H groups in total. The number of ether oxygens (including phenoxy) is 3. The van der Waals surface area contributed by atoms with Gasteiger partial charge in [-0.2, -0.15) is 0 Å². The van der Waals surface area contributed by atoms with Crippen LogP contribution in [0.3, 0.4) is 0 Å². The number of rotatable bonds is 13. The summed E-state index contributed by atoms with van der Waals surface area (Å²) in [4.78, 5) is 0. The lowest BCUT2D eigenvalue weighted by Crippen LogP contribution is -2.22. The topological polar surface area (TPSA) is 39.7 Å². The fourth-order valence-corrected chi connectivity index (χ4v) is 1.37. The van der Waals surface area contributed by atoms with E-state index in [4.69, 9.17) is 14.2 Å². The molecule has 0 aromatic carbocycles. The van der Waals surface area contributed by atoms with Crippen LogP contribution in [0.15, 0.2) is 0 Å². The predicted octanol–water partition coefficient (Wildman–Crippen LogP) is 1.69. The van der Waals surface area contributed by atoms with E-state index >= 15 is 0 Å². The van der Waals surface area contributed by atoms with E-state index < -0.39 is 0 Å². The highest BCUT2D eigenvalue weighted by Crippen LogP contribution is 2.01. The summed E-state index contributed by atoms with van der Waals surface area (Å²) in [5.74, 6) is 0.803. The van der Waals surface area contributed by atoms with E-state index in [0.29, 0.717) is 26.4 Å². The molecule has 0 heterocycles. The molecule has 4 heteroatoms. The molecule has 0 aliphatic heterocycles. The monoisotopic (exact) mass is 247 g/mol. The van der Waals surface area contributed by atoms with Gasteiger partial charge in [0.25, 0.3) is 0 Å². The minimum absolute atomic E-state index is 0.646. The van der Waals surface area contributed by atoms with Gasteiger partial charge in [-0.1, -0.05) is 13.8 Å². The van der Waals surface area contributed by atoms with Gasteiger partial charge in [0.1, 0.15) is 0 Å². The molecule has 0 aromatic heterocycles. The van der Waals surface area contributed by atoms with Gasteiger partial charge in [-0.3, -0.25) is 0 Å². The van der Waals surface area contributed by atoms with Crippen molar-refractivity contribution >= 4 is 0 Å². The largest absolute Gasteiger partial charge is 0.382 e. The molecule has 0 bridgehead atoms. The fraction of sp³-hybridized carbons (Fsp3) is 1.00. The van der Waals surface area contributed by atoms with Crippen LogP contribution in [0.2, 0.25) is 0 Å². The average molecular weight is 247 g/mol. The van der Waals surface area contributed by atoms with E-state index in [-0.39, 0.29) is 0 Å². The van der Waals surface area contributed by atoms with Crippen LogP contribution in [0, 0.1) is 5.92 Å². The van der Waals surface area contributed by atoms with Crippen molar-refractivity contribution in [2.75, 3.05) is 53.2 Å². The van der Waals surface area contributed by atoms with Gasteiger partial charge < -0.3 is 19.5 Å². The first kappa shape index (κ1) is 16.8. The summed E-state index contributed by atoms with van der Waals surface area (Å²) in [6.45, 7) is 9.90. The third-order valence-corrected chi connectivity index (χ3v) is 2.36. The third-order valence-electron chi connectivity index (χ3n) is 2.36. The molecule has 0 aromatic rings. The van der Waals surface area contributed by atoms with Crippen molar-refractivity contribution in [3.05, 3.63) is 0 Å². The number of hydrogen-bond donors (Lipinski definition) is 1. The van der Waals surface area contributed by atoms with Gasteiger partial charge in [-0.25, -0.2) is 0 Å². The Bertz CT molecular complexity index is 143. The number of hydrogen-bond acceptors (Lipinski definition) is 4. The van der Waals surface area contributed by atoms with E-state index in [1.54, 1.807) is 7.11 Å². The molecule has 0 spiro atoms. The highest BCUT2D eigenvalue weighted by Gasteiger charge is 1.94. The molecule has 0 saturated heterocycles. The second kappa shape index (κ2) is 13.9. The molecule has 0 aliphatic carbocycles. The van der Waals surface area contributed by atoms with Crippen molar-refractivity contribution in [3.63, 3.8) is 0 Å². The second-order valence-corrected chi connectivity index (χ2v) is 4.50. The molecule has 0 fully saturated rings. The number of methoxy groups -OCH3 is 1. The summed E-state index contributed by atoms with van der Waals surface area (Å²) in [7, 11) is 1.67. The van der Waals surface area contributed by atoms with E-state index in [2.05, 4.69) is 19.2 Å². The SMILES string of the molecule is COCCOCCOCCNCCCC(C)C. The van der Waals surface area contributed by atoms with Crippen LogP contribution in [-0.4, -0.2) is 53.2 Å². The summed E-state index contributed by atoms with van der Waals surface area (Å²) < 4.78 is 15.6. The van der Waals surface area contributed by atoms with Crippen LogP contribution < -0.4 is 5.32 Å². The standard InChI is InChI=1S/C13H29NO3/c1-13(2)5-4-6-14-7-8-16-11-12-17-10-9-15-3/h13-14H,4-12H2,1-3H3. The van der Waals surface area contributed by atoms with E-state index in [9.17, 15) is 0 Å². The third kappa shape index (κ3) is 15.8. The maximum atomic E-state index is 5.41. The lowest BCUT2D eigenvalue weighted by molar-refractivity contribution is 0.0256. The zero-order valence-electron chi connectivity index (χ0n) is 11.7. The Balaban J connectivity index is 2.89. The fourth-order valence-electron chi connectivity index (χ4n) is 1.37. The molecule has 0 unspecified atom stereocenters. The maximum Gasteiger partial charge on any atom is 0.0701 e. The van der Waals surface area contributed by atoms with Crippen molar-refractivity contribution in [2.45, 2.75) is 26.7 Å². The smallest absolute Gasteiger partial charge is 0.0701 e. The van der Waals surface area contributed by atoms with Gasteiger partial charge >= 0.3 is 0 Å². The Morgan fingerprint density at radius 3 is 2.18 bits per heavy atom. The van der Waals surface area contributed by atoms with Crippen LogP contribution in [0.1, 0.15) is 26.7 Å². The van der Waals surface area contributed by atoms with E-state index in [1.165, 1.54) is 12.8 Å². The first-order valence-corrected chi connectivity index (χ1v) is 6.62. The average Bonchev–Trinajstić information content (AvgIpc) is 2.30. The van der Waals surface area contributed by atoms with E-state index in [0.717, 1.165) is 25.6 Å². The van der Waals surface area contributed by atoms with Crippen LogP contribution in [0.5, 0.6) is 0 Å². The van der Waals surface area contributed by atoms with Gasteiger partial charge in [-0.05, 0) is 25.3 Å². The van der Waals surface area contributed by atoms with E-state index in [1.807, 2.05) is 0 Å². The Hall–Kier alpha value is -0.160. The van der Waals surface area contributed by atoms with Crippen molar-refractivity contribution < 1.29 is 14.2 Å². The Morgan fingerprint density at radius 2 is 1.53 bits per heavy atom. The summed E-state index contributed by atoms with van der Waals surface area (Å²) >= 11 is 0. The maximum absolute atomic E-state index is 5.41. The first-order valence-electron chi connectivity index (χ1n) is 6.62. The Kier molecular flexibility index (Phi) is 13.8. The summed E-state index contributed by atoms with van der Waals surface area (Å²) in [6, 6.07) is 0. The molecule has 4 nitrogen and oxygen atoms in total. The highest BCUT2D eigenvalue weighted by atomic mass is 16.5. The second-order valence-electron chi connectivity index (χ2n) is 4.50. The summed E-state index contributed by atoms with van der Waals surface area (Å²) in [6.07, 6.45) is 2.54. The van der Waals surface area contributed by atoms with Crippen LogP contribution in [-0.2, 0) is 14.2 Å². The lowest BCUT2D eigenvalue weighted by atomic mass is 10.1. The molecular formula is C13H29NO3.